The average molecular weight is 142 g/mol. The van der Waals surface area contributed by atoms with E-state index in [1.165, 1.54) is 7.11 Å². The second-order valence-corrected chi connectivity index (χ2v) is 2.17. The molecule has 0 saturated carbocycles. The van der Waals surface area contributed by atoms with E-state index < -0.39 is 0 Å². The fraction of sp³-hybridized carbons (Fsp3) is 0.625. The molecule has 0 N–H and O–H groups in total. The van der Waals surface area contributed by atoms with Crippen molar-refractivity contribution in [3.8, 4) is 0 Å². The first-order valence-electron chi connectivity index (χ1n) is 3.47. The Morgan fingerprint density at radius 3 is 2.60 bits per heavy atom. The molecule has 0 aromatic carbocycles. The Bertz CT molecular complexity index is 136. The highest BCUT2D eigenvalue weighted by atomic mass is 16.5. The van der Waals surface area contributed by atoms with Crippen LogP contribution in [0, 0.1) is 0 Å². The van der Waals surface area contributed by atoms with Crippen molar-refractivity contribution in [2.45, 2.75) is 26.7 Å². The number of methoxy groups -OCH3 is 1. The number of hydrogen-bond acceptors (Lipinski definition) is 2. The molecular formula is C8H14O2. The van der Waals surface area contributed by atoms with E-state index in [1.807, 2.05) is 6.08 Å². The molecule has 0 amide bonds. The van der Waals surface area contributed by atoms with Crippen LogP contribution in [0.2, 0.25) is 0 Å². The van der Waals surface area contributed by atoms with Crippen LogP contribution in [0.4, 0.5) is 0 Å². The lowest BCUT2D eigenvalue weighted by atomic mass is 10.2. The lowest BCUT2D eigenvalue weighted by molar-refractivity contribution is -0.136. The summed E-state index contributed by atoms with van der Waals surface area (Å²) in [5.74, 6) is -0.228. The SMILES string of the molecule is CCC/C=C(/C)C(=O)OC. The molecule has 0 aromatic heterocycles. The highest BCUT2D eigenvalue weighted by molar-refractivity contribution is 5.87. The predicted molar refractivity (Wildman–Crippen MR) is 40.7 cm³/mol. The molecule has 0 bridgehead atoms. The van der Waals surface area contributed by atoms with E-state index in [0.29, 0.717) is 5.57 Å². The lowest BCUT2D eigenvalue weighted by Gasteiger charge is -1.96. The maximum atomic E-state index is 10.7. The third-order valence-corrected chi connectivity index (χ3v) is 1.25. The summed E-state index contributed by atoms with van der Waals surface area (Å²) in [6.07, 6.45) is 3.90. The van der Waals surface area contributed by atoms with Crippen molar-refractivity contribution in [1.82, 2.24) is 0 Å². The Kier molecular flexibility index (Phi) is 4.63. The van der Waals surface area contributed by atoms with Crippen molar-refractivity contribution in [2.24, 2.45) is 0 Å². The topological polar surface area (TPSA) is 26.3 Å². The van der Waals surface area contributed by atoms with Crippen LogP contribution in [0.3, 0.4) is 0 Å². The minimum absolute atomic E-state index is 0.228. The van der Waals surface area contributed by atoms with Gasteiger partial charge in [-0.15, -0.1) is 0 Å². The van der Waals surface area contributed by atoms with E-state index in [-0.39, 0.29) is 5.97 Å². The molecule has 58 valence electrons. The van der Waals surface area contributed by atoms with Gasteiger partial charge >= 0.3 is 5.97 Å². The van der Waals surface area contributed by atoms with Crippen LogP contribution < -0.4 is 0 Å². The van der Waals surface area contributed by atoms with Gasteiger partial charge < -0.3 is 4.74 Å². The second-order valence-electron chi connectivity index (χ2n) is 2.17. The summed E-state index contributed by atoms with van der Waals surface area (Å²) in [6.45, 7) is 3.84. The van der Waals surface area contributed by atoms with Gasteiger partial charge in [-0.3, -0.25) is 0 Å². The zero-order chi connectivity index (χ0) is 7.98. The van der Waals surface area contributed by atoms with Gasteiger partial charge in [0.05, 0.1) is 7.11 Å². The summed E-state index contributed by atoms with van der Waals surface area (Å²) in [5.41, 5.74) is 0.698. The summed E-state index contributed by atoms with van der Waals surface area (Å²) in [4.78, 5) is 10.7. The van der Waals surface area contributed by atoms with Gasteiger partial charge in [0.1, 0.15) is 0 Å². The van der Waals surface area contributed by atoms with E-state index >= 15 is 0 Å². The third kappa shape index (κ3) is 3.28. The van der Waals surface area contributed by atoms with Crippen LogP contribution in [0.1, 0.15) is 26.7 Å². The third-order valence-electron chi connectivity index (χ3n) is 1.25. The molecule has 0 aliphatic carbocycles. The monoisotopic (exact) mass is 142 g/mol. The van der Waals surface area contributed by atoms with E-state index in [9.17, 15) is 4.79 Å². The molecule has 2 nitrogen and oxygen atoms in total. The number of allylic oxidation sites excluding steroid dienone is 1. The molecule has 0 rings (SSSR count). The van der Waals surface area contributed by atoms with Crippen LogP contribution in [0.15, 0.2) is 11.6 Å². The smallest absolute Gasteiger partial charge is 0.333 e. The van der Waals surface area contributed by atoms with Crippen LogP contribution in [0.5, 0.6) is 0 Å². The highest BCUT2D eigenvalue weighted by Gasteiger charge is 1.99. The Labute approximate surface area is 61.9 Å². The number of hydrogen-bond donors (Lipinski definition) is 0. The molecule has 2 heteroatoms. The summed E-state index contributed by atoms with van der Waals surface area (Å²) >= 11 is 0. The maximum absolute atomic E-state index is 10.7. The van der Waals surface area contributed by atoms with Gasteiger partial charge in [-0.25, -0.2) is 4.79 Å². The van der Waals surface area contributed by atoms with Gasteiger partial charge in [0.15, 0.2) is 0 Å². The van der Waals surface area contributed by atoms with Gasteiger partial charge in [-0.2, -0.15) is 0 Å². The molecule has 0 unspecified atom stereocenters. The predicted octanol–water partition coefficient (Wildman–Crippen LogP) is 1.91. The van der Waals surface area contributed by atoms with Crippen molar-refractivity contribution >= 4 is 5.97 Å². The molecule has 0 aromatic rings. The molecule has 0 fully saturated rings. The zero-order valence-corrected chi connectivity index (χ0v) is 6.81. The largest absolute Gasteiger partial charge is 0.466 e. The first-order chi connectivity index (χ1) is 4.72. The van der Waals surface area contributed by atoms with Crippen molar-refractivity contribution in [2.75, 3.05) is 7.11 Å². The van der Waals surface area contributed by atoms with Gasteiger partial charge in [-0.05, 0) is 13.3 Å². The van der Waals surface area contributed by atoms with Gasteiger partial charge in [-0.1, -0.05) is 19.4 Å². The second kappa shape index (κ2) is 5.03. The van der Waals surface area contributed by atoms with Crippen LogP contribution in [-0.4, -0.2) is 13.1 Å². The van der Waals surface area contributed by atoms with E-state index in [4.69, 9.17) is 0 Å². The Balaban J connectivity index is 3.80. The molecule has 10 heavy (non-hydrogen) atoms. The number of unbranched alkanes of at least 4 members (excludes halogenated alkanes) is 1. The summed E-state index contributed by atoms with van der Waals surface area (Å²) < 4.78 is 4.50. The number of esters is 1. The van der Waals surface area contributed by atoms with E-state index in [1.54, 1.807) is 6.92 Å². The number of ether oxygens (including phenoxy) is 1. The molecule has 0 spiro atoms. The van der Waals surface area contributed by atoms with E-state index in [2.05, 4.69) is 11.7 Å². The quantitative estimate of drug-likeness (QED) is 0.444. The van der Waals surface area contributed by atoms with E-state index in [0.717, 1.165) is 12.8 Å². The molecular weight excluding hydrogens is 128 g/mol. The average Bonchev–Trinajstić information content (AvgIpc) is 1.98. The normalized spacial score (nSPS) is 11.3. The molecule has 0 aliphatic rings. The van der Waals surface area contributed by atoms with Crippen molar-refractivity contribution in [3.05, 3.63) is 11.6 Å². The zero-order valence-electron chi connectivity index (χ0n) is 6.81. The Hall–Kier alpha value is -0.790. The van der Waals surface area contributed by atoms with Gasteiger partial charge in [0.2, 0.25) is 0 Å². The van der Waals surface area contributed by atoms with Crippen LogP contribution in [-0.2, 0) is 9.53 Å². The minimum Gasteiger partial charge on any atom is -0.466 e. The van der Waals surface area contributed by atoms with Gasteiger partial charge in [0, 0.05) is 5.57 Å². The Morgan fingerprint density at radius 2 is 2.20 bits per heavy atom. The molecule has 0 saturated heterocycles. The van der Waals surface area contributed by atoms with Crippen molar-refractivity contribution in [3.63, 3.8) is 0 Å². The first-order valence-corrected chi connectivity index (χ1v) is 3.47. The number of rotatable bonds is 3. The number of carbonyl (C=O) groups is 1. The molecule has 0 heterocycles. The van der Waals surface area contributed by atoms with Crippen molar-refractivity contribution in [1.29, 1.82) is 0 Å². The lowest BCUT2D eigenvalue weighted by Crippen LogP contribution is -2.00. The summed E-state index contributed by atoms with van der Waals surface area (Å²) in [6, 6.07) is 0. The summed E-state index contributed by atoms with van der Waals surface area (Å²) in [7, 11) is 1.39. The highest BCUT2D eigenvalue weighted by Crippen LogP contribution is 1.99. The minimum atomic E-state index is -0.228. The first kappa shape index (κ1) is 9.21. The molecule has 0 atom stereocenters. The molecule has 0 radical (unpaired) electrons. The number of carbonyl (C=O) groups excluding carboxylic acids is 1. The summed E-state index contributed by atoms with van der Waals surface area (Å²) in [5, 5.41) is 0. The van der Waals surface area contributed by atoms with Crippen molar-refractivity contribution < 1.29 is 9.53 Å². The maximum Gasteiger partial charge on any atom is 0.333 e. The standard InChI is InChI=1S/C8H14O2/c1-4-5-6-7(2)8(9)10-3/h6H,4-5H2,1-3H3/b7-6-. The molecule has 0 aliphatic heterocycles. The fourth-order valence-corrected chi connectivity index (χ4v) is 0.605. The Morgan fingerprint density at radius 1 is 1.60 bits per heavy atom. The van der Waals surface area contributed by atoms with Crippen LogP contribution >= 0.6 is 0 Å². The van der Waals surface area contributed by atoms with Gasteiger partial charge in [0.25, 0.3) is 0 Å². The fourth-order valence-electron chi connectivity index (χ4n) is 0.605. The van der Waals surface area contributed by atoms with Crippen LogP contribution in [0.25, 0.3) is 0 Å².